The summed E-state index contributed by atoms with van der Waals surface area (Å²) in [5, 5.41) is 6.82. The van der Waals surface area contributed by atoms with E-state index in [0.29, 0.717) is 5.95 Å². The molecule has 2 aromatic heterocycles. The van der Waals surface area contributed by atoms with Crippen LogP contribution in [0.5, 0.6) is 0 Å². The van der Waals surface area contributed by atoms with Gasteiger partial charge in [0, 0.05) is 5.38 Å². The van der Waals surface area contributed by atoms with E-state index >= 15 is 0 Å². The van der Waals surface area contributed by atoms with Crippen molar-refractivity contribution in [2.75, 3.05) is 16.8 Å². The molecule has 0 aliphatic carbocycles. The molecular formula is C7H8N6S. The Kier molecular flexibility index (Phi) is 2.15. The highest BCUT2D eigenvalue weighted by Gasteiger charge is 2.01. The molecule has 2 aromatic rings. The summed E-state index contributed by atoms with van der Waals surface area (Å²) in [5.74, 6) is 0.568. The lowest BCUT2D eigenvalue weighted by Gasteiger charge is -2.02. The van der Waals surface area contributed by atoms with Crippen molar-refractivity contribution in [3.8, 4) is 0 Å². The first-order valence-corrected chi connectivity index (χ1v) is 4.74. The average Bonchev–Trinajstić information content (AvgIpc) is 2.54. The van der Waals surface area contributed by atoms with Gasteiger partial charge in [-0.3, -0.25) is 0 Å². The summed E-state index contributed by atoms with van der Waals surface area (Å²) in [6.45, 7) is 0. The third-order valence-electron chi connectivity index (χ3n) is 1.45. The van der Waals surface area contributed by atoms with E-state index in [2.05, 4.69) is 20.3 Å². The number of hydrogen-bond donors (Lipinski definition) is 3. The number of nitrogens with two attached hydrogens (primary N) is 2. The Morgan fingerprint density at radius 1 is 1.14 bits per heavy atom. The van der Waals surface area contributed by atoms with Crippen LogP contribution in [0.15, 0.2) is 16.8 Å². The van der Waals surface area contributed by atoms with Crippen molar-refractivity contribution in [2.24, 2.45) is 0 Å². The van der Waals surface area contributed by atoms with Crippen LogP contribution in [-0.4, -0.2) is 15.0 Å². The van der Waals surface area contributed by atoms with Gasteiger partial charge in [-0.25, -0.2) is 0 Å². The van der Waals surface area contributed by atoms with Crippen LogP contribution in [-0.2, 0) is 0 Å². The minimum absolute atomic E-state index is 0.107. The topological polar surface area (TPSA) is 103 Å². The molecule has 0 bridgehead atoms. The lowest BCUT2D eigenvalue weighted by molar-refractivity contribution is 1.08. The van der Waals surface area contributed by atoms with Crippen molar-refractivity contribution in [3.05, 3.63) is 16.8 Å². The maximum absolute atomic E-state index is 5.41. The van der Waals surface area contributed by atoms with Crippen LogP contribution in [0.3, 0.4) is 0 Å². The van der Waals surface area contributed by atoms with Crippen molar-refractivity contribution in [1.29, 1.82) is 0 Å². The highest BCUT2D eigenvalue weighted by atomic mass is 32.1. The Morgan fingerprint density at radius 2 is 1.86 bits per heavy atom. The molecule has 0 saturated carbocycles. The first-order chi connectivity index (χ1) is 6.74. The molecule has 0 aliphatic heterocycles. The molecule has 0 aliphatic rings. The monoisotopic (exact) mass is 208 g/mol. The summed E-state index contributed by atoms with van der Waals surface area (Å²) >= 11 is 1.57. The molecule has 0 atom stereocenters. The van der Waals surface area contributed by atoms with E-state index in [9.17, 15) is 0 Å². The van der Waals surface area contributed by atoms with Crippen molar-refractivity contribution in [3.63, 3.8) is 0 Å². The summed E-state index contributed by atoms with van der Waals surface area (Å²) in [4.78, 5) is 11.4. The molecule has 0 spiro atoms. The second-order valence-electron chi connectivity index (χ2n) is 2.51. The van der Waals surface area contributed by atoms with Gasteiger partial charge in [0.1, 0.15) is 0 Å². The van der Waals surface area contributed by atoms with E-state index in [1.54, 1.807) is 11.3 Å². The second kappa shape index (κ2) is 3.46. The largest absolute Gasteiger partial charge is 0.368 e. The van der Waals surface area contributed by atoms with Crippen molar-refractivity contribution >= 4 is 34.9 Å². The van der Waals surface area contributed by atoms with Gasteiger partial charge in [-0.1, -0.05) is 0 Å². The number of thiophene rings is 1. The van der Waals surface area contributed by atoms with E-state index in [1.165, 1.54) is 0 Å². The molecule has 0 radical (unpaired) electrons. The summed E-state index contributed by atoms with van der Waals surface area (Å²) in [6.07, 6.45) is 0. The Labute approximate surface area is 84.0 Å². The normalized spacial score (nSPS) is 10.0. The Hall–Kier alpha value is -1.89. The highest BCUT2D eigenvalue weighted by molar-refractivity contribution is 7.08. The molecule has 7 heteroatoms. The quantitative estimate of drug-likeness (QED) is 0.675. The average molecular weight is 208 g/mol. The van der Waals surface area contributed by atoms with Gasteiger partial charge in [0.2, 0.25) is 17.8 Å². The van der Waals surface area contributed by atoms with Gasteiger partial charge in [-0.05, 0) is 11.4 Å². The zero-order chi connectivity index (χ0) is 9.97. The molecule has 0 unspecified atom stereocenters. The lowest BCUT2D eigenvalue weighted by Crippen LogP contribution is -2.06. The van der Waals surface area contributed by atoms with Crippen molar-refractivity contribution in [1.82, 2.24) is 15.0 Å². The fraction of sp³-hybridized carbons (Fsp3) is 0. The number of aromatic nitrogens is 3. The van der Waals surface area contributed by atoms with Gasteiger partial charge in [-0.15, -0.1) is 0 Å². The zero-order valence-corrected chi connectivity index (χ0v) is 7.95. The van der Waals surface area contributed by atoms with E-state index in [-0.39, 0.29) is 11.9 Å². The maximum atomic E-state index is 5.41. The molecule has 5 N–H and O–H groups in total. The van der Waals surface area contributed by atoms with Crippen LogP contribution in [0.1, 0.15) is 0 Å². The van der Waals surface area contributed by atoms with Crippen LogP contribution in [0.2, 0.25) is 0 Å². The molecule has 0 fully saturated rings. The Bertz CT molecular complexity index is 405. The predicted octanol–water partition coefficient (Wildman–Crippen LogP) is 0.841. The number of nitrogens with zero attached hydrogens (tertiary/aromatic N) is 3. The minimum atomic E-state index is 0.107. The number of hydrogen-bond acceptors (Lipinski definition) is 7. The summed E-state index contributed by atoms with van der Waals surface area (Å²) in [7, 11) is 0. The highest BCUT2D eigenvalue weighted by Crippen LogP contribution is 2.16. The van der Waals surface area contributed by atoms with Gasteiger partial charge < -0.3 is 16.8 Å². The van der Waals surface area contributed by atoms with E-state index < -0.39 is 0 Å². The first-order valence-electron chi connectivity index (χ1n) is 3.80. The first kappa shape index (κ1) is 8.70. The van der Waals surface area contributed by atoms with Gasteiger partial charge >= 0.3 is 0 Å². The molecule has 2 heterocycles. The van der Waals surface area contributed by atoms with Crippen molar-refractivity contribution < 1.29 is 0 Å². The van der Waals surface area contributed by atoms with Crippen LogP contribution < -0.4 is 16.8 Å². The molecule has 0 saturated heterocycles. The number of rotatable bonds is 2. The Balaban J connectivity index is 2.25. The third-order valence-corrected chi connectivity index (χ3v) is 2.13. The van der Waals surface area contributed by atoms with Crippen LogP contribution in [0.25, 0.3) is 0 Å². The van der Waals surface area contributed by atoms with Crippen LogP contribution in [0.4, 0.5) is 23.5 Å². The summed E-state index contributed by atoms with van der Waals surface area (Å²) in [6, 6.07) is 1.90. The third kappa shape index (κ3) is 1.88. The Morgan fingerprint density at radius 3 is 2.43 bits per heavy atom. The maximum Gasteiger partial charge on any atom is 0.233 e. The molecule has 72 valence electrons. The summed E-state index contributed by atoms with van der Waals surface area (Å²) < 4.78 is 0. The van der Waals surface area contributed by atoms with Gasteiger partial charge in [0.05, 0.1) is 5.69 Å². The van der Waals surface area contributed by atoms with Gasteiger partial charge in [-0.2, -0.15) is 26.3 Å². The fourth-order valence-corrected chi connectivity index (χ4v) is 1.52. The standard InChI is InChI=1S/C7H8N6S/c8-5-11-6(9)13-7(12-5)10-4-1-2-14-3-4/h1-3H,(H5,8,9,10,11,12,13). The molecular weight excluding hydrogens is 200 g/mol. The molecule has 0 amide bonds. The molecule has 2 rings (SSSR count). The van der Waals surface area contributed by atoms with Gasteiger partial charge in [0.15, 0.2) is 0 Å². The predicted molar refractivity (Wildman–Crippen MR) is 56.3 cm³/mol. The lowest BCUT2D eigenvalue weighted by atomic mass is 10.5. The number of nitrogen functional groups attached to an aromatic ring is 2. The number of nitrogens with one attached hydrogen (secondary N) is 1. The van der Waals surface area contributed by atoms with E-state index in [4.69, 9.17) is 11.5 Å². The second-order valence-corrected chi connectivity index (χ2v) is 3.29. The summed E-state index contributed by atoms with van der Waals surface area (Å²) in [5.41, 5.74) is 11.7. The van der Waals surface area contributed by atoms with Crippen LogP contribution >= 0.6 is 11.3 Å². The van der Waals surface area contributed by atoms with Crippen molar-refractivity contribution in [2.45, 2.75) is 0 Å². The minimum Gasteiger partial charge on any atom is -0.368 e. The molecule has 0 aromatic carbocycles. The van der Waals surface area contributed by atoms with Crippen LogP contribution in [0, 0.1) is 0 Å². The molecule has 6 nitrogen and oxygen atoms in total. The molecule has 14 heavy (non-hydrogen) atoms. The van der Waals surface area contributed by atoms with E-state index in [0.717, 1.165) is 5.69 Å². The fourth-order valence-electron chi connectivity index (χ4n) is 0.930. The van der Waals surface area contributed by atoms with E-state index in [1.807, 2.05) is 16.8 Å². The van der Waals surface area contributed by atoms with Gasteiger partial charge in [0.25, 0.3) is 0 Å². The SMILES string of the molecule is Nc1nc(N)nc(Nc2ccsc2)n1. The smallest absolute Gasteiger partial charge is 0.233 e. The zero-order valence-electron chi connectivity index (χ0n) is 7.14. The number of anilines is 4.